The van der Waals surface area contributed by atoms with Crippen molar-refractivity contribution in [2.75, 3.05) is 13.6 Å². The van der Waals surface area contributed by atoms with Crippen molar-refractivity contribution in [2.45, 2.75) is 19.4 Å². The lowest BCUT2D eigenvalue weighted by Crippen LogP contribution is -2.34. The van der Waals surface area contributed by atoms with E-state index in [2.05, 4.69) is 9.97 Å². The van der Waals surface area contributed by atoms with Gasteiger partial charge in [-0.1, -0.05) is 0 Å². The average Bonchev–Trinajstić information content (AvgIpc) is 2.72. The summed E-state index contributed by atoms with van der Waals surface area (Å²) in [5.74, 6) is -0.0133. The van der Waals surface area contributed by atoms with Crippen LogP contribution < -0.4 is 0 Å². The van der Waals surface area contributed by atoms with E-state index in [9.17, 15) is 9.90 Å². The van der Waals surface area contributed by atoms with Gasteiger partial charge >= 0.3 is 0 Å². The van der Waals surface area contributed by atoms with Gasteiger partial charge in [0, 0.05) is 31.4 Å². The normalized spacial score (nSPS) is 12.6. The Balaban J connectivity index is 2.12. The van der Waals surface area contributed by atoms with Gasteiger partial charge in [0.05, 0.1) is 12.5 Å². The first-order chi connectivity index (χ1) is 8.58. The van der Waals surface area contributed by atoms with Gasteiger partial charge in [0.1, 0.15) is 5.65 Å². The van der Waals surface area contributed by atoms with Gasteiger partial charge in [-0.05, 0) is 24.6 Å². The Morgan fingerprint density at radius 2 is 2.39 bits per heavy atom. The number of hydrogen-bond donors (Lipinski definition) is 2. The molecule has 5 nitrogen and oxygen atoms in total. The summed E-state index contributed by atoms with van der Waals surface area (Å²) in [4.78, 5) is 20.7. The standard InChI is InChI=1S/C13H17N3O2/c1-9(17)8-16(2)12(18)6-10-7-15-13-11(10)4-3-5-14-13/h3-5,7,9,17H,6,8H2,1-2H3,(H,14,15). The number of aromatic amines is 1. The van der Waals surface area contributed by atoms with E-state index in [4.69, 9.17) is 0 Å². The zero-order chi connectivity index (χ0) is 13.1. The fourth-order valence-electron chi connectivity index (χ4n) is 1.95. The highest BCUT2D eigenvalue weighted by Gasteiger charge is 2.14. The fourth-order valence-corrected chi connectivity index (χ4v) is 1.95. The third-order valence-electron chi connectivity index (χ3n) is 2.84. The number of fused-ring (bicyclic) bond motifs is 1. The lowest BCUT2D eigenvalue weighted by Gasteiger charge is -2.18. The van der Waals surface area contributed by atoms with Crippen LogP contribution in [0.3, 0.4) is 0 Å². The summed E-state index contributed by atoms with van der Waals surface area (Å²) >= 11 is 0. The van der Waals surface area contributed by atoms with Crippen molar-refractivity contribution < 1.29 is 9.90 Å². The maximum Gasteiger partial charge on any atom is 0.226 e. The number of aliphatic hydroxyl groups is 1. The molecule has 0 bridgehead atoms. The number of hydrogen-bond acceptors (Lipinski definition) is 3. The Kier molecular flexibility index (Phi) is 3.62. The van der Waals surface area contributed by atoms with E-state index in [1.54, 1.807) is 25.1 Å². The van der Waals surface area contributed by atoms with Crippen LogP contribution in [0.1, 0.15) is 12.5 Å². The van der Waals surface area contributed by atoms with Gasteiger partial charge in [-0.3, -0.25) is 4.79 Å². The number of H-pyrrole nitrogens is 1. The molecule has 2 aromatic rings. The topological polar surface area (TPSA) is 69.2 Å². The summed E-state index contributed by atoms with van der Waals surface area (Å²) in [6.45, 7) is 2.01. The number of amides is 1. The van der Waals surface area contributed by atoms with Crippen LogP contribution in [0.5, 0.6) is 0 Å². The summed E-state index contributed by atoms with van der Waals surface area (Å²) in [5.41, 5.74) is 1.72. The van der Waals surface area contributed by atoms with Gasteiger partial charge < -0.3 is 15.0 Å². The number of aliphatic hydroxyl groups excluding tert-OH is 1. The number of likely N-dealkylation sites (N-methyl/N-ethyl adjacent to an activating group) is 1. The van der Waals surface area contributed by atoms with Crippen molar-refractivity contribution in [3.63, 3.8) is 0 Å². The Labute approximate surface area is 105 Å². The van der Waals surface area contributed by atoms with Crippen LogP contribution in [0.2, 0.25) is 0 Å². The molecule has 0 saturated carbocycles. The Morgan fingerprint density at radius 3 is 3.11 bits per heavy atom. The second kappa shape index (κ2) is 5.18. The number of nitrogens with one attached hydrogen (secondary N) is 1. The highest BCUT2D eigenvalue weighted by atomic mass is 16.3. The zero-order valence-electron chi connectivity index (χ0n) is 10.6. The molecular formula is C13H17N3O2. The molecule has 0 spiro atoms. The lowest BCUT2D eigenvalue weighted by atomic mass is 10.1. The number of carbonyl (C=O) groups excluding carboxylic acids is 1. The van der Waals surface area contributed by atoms with Crippen LogP contribution in [0.25, 0.3) is 11.0 Å². The molecule has 0 aliphatic heterocycles. The second-order valence-corrected chi connectivity index (χ2v) is 4.51. The number of aromatic nitrogens is 2. The molecule has 5 heteroatoms. The third-order valence-corrected chi connectivity index (χ3v) is 2.84. The monoisotopic (exact) mass is 247 g/mol. The molecule has 0 radical (unpaired) electrons. The first-order valence-electron chi connectivity index (χ1n) is 5.91. The van der Waals surface area contributed by atoms with E-state index in [1.807, 2.05) is 18.3 Å². The van der Waals surface area contributed by atoms with Crippen LogP contribution in [0.15, 0.2) is 24.5 Å². The van der Waals surface area contributed by atoms with Crippen LogP contribution in [0.4, 0.5) is 0 Å². The molecule has 2 heterocycles. The molecule has 0 aliphatic rings. The molecule has 2 N–H and O–H groups in total. The van der Waals surface area contributed by atoms with Crippen molar-refractivity contribution in [3.8, 4) is 0 Å². The van der Waals surface area contributed by atoms with Crippen molar-refractivity contribution in [3.05, 3.63) is 30.1 Å². The average molecular weight is 247 g/mol. The quantitative estimate of drug-likeness (QED) is 0.845. The summed E-state index contributed by atoms with van der Waals surface area (Å²) in [6.07, 6.45) is 3.33. The molecule has 0 aromatic carbocycles. The number of carbonyl (C=O) groups is 1. The second-order valence-electron chi connectivity index (χ2n) is 4.51. The summed E-state index contributed by atoms with van der Waals surface area (Å²) in [6, 6.07) is 3.79. The zero-order valence-corrected chi connectivity index (χ0v) is 10.6. The molecule has 0 aliphatic carbocycles. The van der Waals surface area contributed by atoms with E-state index >= 15 is 0 Å². The van der Waals surface area contributed by atoms with Crippen LogP contribution >= 0.6 is 0 Å². The maximum atomic E-state index is 12.0. The smallest absolute Gasteiger partial charge is 0.226 e. The van der Waals surface area contributed by atoms with E-state index in [-0.39, 0.29) is 5.91 Å². The highest BCUT2D eigenvalue weighted by molar-refractivity contribution is 5.86. The number of rotatable bonds is 4. The Bertz CT molecular complexity index is 548. The van der Waals surface area contributed by atoms with Gasteiger partial charge in [0.2, 0.25) is 5.91 Å². The summed E-state index contributed by atoms with van der Waals surface area (Å²) < 4.78 is 0. The fraction of sp³-hybridized carbons (Fsp3) is 0.385. The van der Waals surface area contributed by atoms with Gasteiger partial charge in [-0.25, -0.2) is 4.98 Å². The van der Waals surface area contributed by atoms with Crippen LogP contribution in [-0.4, -0.2) is 45.6 Å². The molecule has 96 valence electrons. The molecule has 18 heavy (non-hydrogen) atoms. The van der Waals surface area contributed by atoms with E-state index in [0.717, 1.165) is 16.6 Å². The van der Waals surface area contributed by atoms with Gasteiger partial charge in [-0.15, -0.1) is 0 Å². The predicted molar refractivity (Wildman–Crippen MR) is 69.1 cm³/mol. The molecule has 1 amide bonds. The third kappa shape index (κ3) is 2.68. The minimum Gasteiger partial charge on any atom is -0.392 e. The minimum absolute atomic E-state index is 0.0133. The Hall–Kier alpha value is -1.88. The molecular weight excluding hydrogens is 230 g/mol. The first-order valence-corrected chi connectivity index (χ1v) is 5.91. The van der Waals surface area contributed by atoms with E-state index in [1.165, 1.54) is 0 Å². The van der Waals surface area contributed by atoms with Crippen molar-refractivity contribution >= 4 is 16.9 Å². The number of nitrogens with zero attached hydrogens (tertiary/aromatic N) is 2. The molecule has 1 atom stereocenters. The van der Waals surface area contributed by atoms with Gasteiger partial charge in [0.25, 0.3) is 0 Å². The highest BCUT2D eigenvalue weighted by Crippen LogP contribution is 2.16. The molecule has 2 aromatic heterocycles. The van der Waals surface area contributed by atoms with E-state index in [0.29, 0.717) is 13.0 Å². The minimum atomic E-state index is -0.511. The van der Waals surface area contributed by atoms with Gasteiger partial charge in [-0.2, -0.15) is 0 Å². The van der Waals surface area contributed by atoms with Crippen molar-refractivity contribution in [1.29, 1.82) is 0 Å². The van der Waals surface area contributed by atoms with Gasteiger partial charge in [0.15, 0.2) is 0 Å². The Morgan fingerprint density at radius 1 is 1.61 bits per heavy atom. The SMILES string of the molecule is CC(O)CN(C)C(=O)Cc1c[nH]c2ncccc12. The van der Waals surface area contributed by atoms with E-state index < -0.39 is 6.10 Å². The number of pyridine rings is 1. The molecule has 1 unspecified atom stereocenters. The summed E-state index contributed by atoms with van der Waals surface area (Å²) in [7, 11) is 1.70. The largest absolute Gasteiger partial charge is 0.392 e. The molecule has 0 fully saturated rings. The predicted octanol–water partition coefficient (Wildman–Crippen LogP) is 0.945. The summed E-state index contributed by atoms with van der Waals surface area (Å²) in [5, 5.41) is 10.2. The van der Waals surface area contributed by atoms with Crippen molar-refractivity contribution in [1.82, 2.24) is 14.9 Å². The van der Waals surface area contributed by atoms with Crippen LogP contribution in [-0.2, 0) is 11.2 Å². The molecule has 2 rings (SSSR count). The first kappa shape index (κ1) is 12.6. The maximum absolute atomic E-state index is 12.0. The lowest BCUT2D eigenvalue weighted by molar-refractivity contribution is -0.130. The van der Waals surface area contributed by atoms with Crippen molar-refractivity contribution in [2.24, 2.45) is 0 Å². The van der Waals surface area contributed by atoms with Crippen LogP contribution in [0, 0.1) is 0 Å². The molecule has 0 saturated heterocycles.